The Hall–Kier alpha value is -7.72. The largest absolute Gasteiger partial charge is 0.228 e. The lowest BCUT2D eigenvalue weighted by atomic mass is 9.67. The summed E-state index contributed by atoms with van der Waals surface area (Å²) in [5, 5.41) is 2.57. The Balaban J connectivity index is 1.01. The summed E-state index contributed by atoms with van der Waals surface area (Å²) in [6.07, 6.45) is 0. The fourth-order valence-corrected chi connectivity index (χ4v) is 11.1. The number of rotatable bonds is 7. The predicted octanol–water partition coefficient (Wildman–Crippen LogP) is 15.5. The first-order valence-corrected chi connectivity index (χ1v) is 22.0. The van der Waals surface area contributed by atoms with Crippen LogP contribution in [0.4, 0.5) is 0 Å². The van der Waals surface area contributed by atoms with Gasteiger partial charge in [0.25, 0.3) is 0 Å². The van der Waals surface area contributed by atoms with Crippen LogP contribution in [0.1, 0.15) is 22.3 Å². The van der Waals surface area contributed by atoms with E-state index in [1.165, 1.54) is 59.1 Å². The van der Waals surface area contributed by atoms with Crippen LogP contribution < -0.4 is 0 Å². The van der Waals surface area contributed by atoms with Crippen molar-refractivity contribution in [2.24, 2.45) is 0 Å². The molecule has 1 aliphatic rings. The Morgan fingerprint density at radius 1 is 0.323 bits per heavy atom. The van der Waals surface area contributed by atoms with Gasteiger partial charge in [0.1, 0.15) is 0 Å². The zero-order chi connectivity index (χ0) is 41.0. The Kier molecular flexibility index (Phi) is 8.62. The van der Waals surface area contributed by atoms with Crippen molar-refractivity contribution < 1.29 is 0 Å². The molecule has 0 saturated carbocycles. The van der Waals surface area contributed by atoms with E-state index in [0.29, 0.717) is 5.82 Å². The minimum atomic E-state index is -0.470. The van der Waals surface area contributed by atoms with Crippen LogP contribution in [0.25, 0.3) is 87.5 Å². The lowest BCUT2D eigenvalue weighted by Gasteiger charge is -2.34. The summed E-state index contributed by atoms with van der Waals surface area (Å²) >= 11 is 1.85. The molecule has 0 bridgehead atoms. The highest BCUT2D eigenvalue weighted by Gasteiger charge is 2.45. The average Bonchev–Trinajstić information content (AvgIpc) is 3.89. The Bertz CT molecular complexity index is 3430. The van der Waals surface area contributed by atoms with Crippen LogP contribution in [0, 0.1) is 0 Å². The molecule has 0 aliphatic heterocycles. The second-order valence-corrected chi connectivity index (χ2v) is 17.1. The number of benzene rings is 9. The highest BCUT2D eigenvalue weighted by molar-refractivity contribution is 7.26. The maximum absolute atomic E-state index is 5.31. The number of hydrogen-bond donors (Lipinski definition) is 0. The minimum Gasteiger partial charge on any atom is -0.228 e. The van der Waals surface area contributed by atoms with Crippen LogP contribution in [0.5, 0.6) is 0 Å². The van der Waals surface area contributed by atoms with E-state index in [4.69, 9.17) is 9.97 Å². The third kappa shape index (κ3) is 5.78. The number of nitrogens with zero attached hydrogens (tertiary/aromatic N) is 2. The van der Waals surface area contributed by atoms with Crippen molar-refractivity contribution >= 4 is 31.5 Å². The molecule has 0 amide bonds. The van der Waals surface area contributed by atoms with Gasteiger partial charge in [0, 0.05) is 42.4 Å². The van der Waals surface area contributed by atoms with E-state index in [1.54, 1.807) is 0 Å². The smallest absolute Gasteiger partial charge is 0.160 e. The topological polar surface area (TPSA) is 25.8 Å². The molecule has 62 heavy (non-hydrogen) atoms. The second-order valence-electron chi connectivity index (χ2n) is 16.0. The Morgan fingerprint density at radius 2 is 0.839 bits per heavy atom. The summed E-state index contributed by atoms with van der Waals surface area (Å²) in [5.74, 6) is 0.698. The number of hydrogen-bond acceptors (Lipinski definition) is 3. The maximum Gasteiger partial charge on any atom is 0.160 e. The quantitative estimate of drug-likeness (QED) is 0.160. The van der Waals surface area contributed by atoms with Gasteiger partial charge in [0.15, 0.2) is 5.82 Å². The molecule has 9 aromatic carbocycles. The second kappa shape index (κ2) is 14.8. The molecule has 0 spiro atoms. The lowest BCUT2D eigenvalue weighted by Crippen LogP contribution is -2.28. The summed E-state index contributed by atoms with van der Waals surface area (Å²) in [7, 11) is 0. The molecule has 2 aromatic heterocycles. The molecule has 0 radical (unpaired) electrons. The highest BCUT2D eigenvalue weighted by atomic mass is 32.1. The van der Waals surface area contributed by atoms with E-state index >= 15 is 0 Å². The minimum absolute atomic E-state index is 0.470. The van der Waals surface area contributed by atoms with Crippen LogP contribution in [-0.2, 0) is 5.41 Å². The normalized spacial score (nSPS) is 12.6. The number of aromatic nitrogens is 2. The zero-order valence-corrected chi connectivity index (χ0v) is 34.6. The molecule has 0 atom stereocenters. The first-order valence-electron chi connectivity index (χ1n) is 21.1. The van der Waals surface area contributed by atoms with E-state index in [0.717, 1.165) is 44.8 Å². The van der Waals surface area contributed by atoms with Gasteiger partial charge >= 0.3 is 0 Å². The van der Waals surface area contributed by atoms with Crippen molar-refractivity contribution in [3.63, 3.8) is 0 Å². The average molecular weight is 807 g/mol. The van der Waals surface area contributed by atoms with Crippen LogP contribution in [0.3, 0.4) is 0 Å². The number of fused-ring (bicyclic) bond motifs is 6. The van der Waals surface area contributed by atoms with E-state index in [2.05, 4.69) is 224 Å². The Labute approximate surface area is 365 Å². The Morgan fingerprint density at radius 3 is 1.61 bits per heavy atom. The van der Waals surface area contributed by atoms with E-state index in [-0.39, 0.29) is 0 Å². The molecule has 0 fully saturated rings. The first-order chi connectivity index (χ1) is 30.7. The van der Waals surface area contributed by atoms with Gasteiger partial charge in [-0.15, -0.1) is 11.3 Å². The maximum atomic E-state index is 5.31. The lowest BCUT2D eigenvalue weighted by molar-refractivity contribution is 0.769. The van der Waals surface area contributed by atoms with Crippen LogP contribution in [0.15, 0.2) is 231 Å². The molecule has 2 nitrogen and oxygen atoms in total. The van der Waals surface area contributed by atoms with Gasteiger partial charge < -0.3 is 0 Å². The summed E-state index contributed by atoms with van der Waals surface area (Å²) in [6, 6.07) is 83.4. The van der Waals surface area contributed by atoms with Crippen LogP contribution >= 0.6 is 11.3 Å². The molecule has 1 aliphatic carbocycles. The number of thiophene rings is 1. The molecule has 12 rings (SSSR count). The zero-order valence-electron chi connectivity index (χ0n) is 33.7. The van der Waals surface area contributed by atoms with Crippen molar-refractivity contribution in [1.82, 2.24) is 9.97 Å². The van der Waals surface area contributed by atoms with Gasteiger partial charge in [-0.1, -0.05) is 206 Å². The van der Waals surface area contributed by atoms with Crippen LogP contribution in [-0.4, -0.2) is 9.97 Å². The molecule has 3 heteroatoms. The van der Waals surface area contributed by atoms with E-state index in [1.807, 2.05) is 17.4 Å². The summed E-state index contributed by atoms with van der Waals surface area (Å²) in [5.41, 5.74) is 16.7. The molecule has 290 valence electrons. The molecular formula is C59H38N2S. The standard InChI is InChI=1S/C59H38N2S/c1-3-18-39(19-4-1)58-60-54(38-55(61-58)48-29-8-7-26-45(48)50-31-17-32-51-49-30-11-14-35-56(49)62-57(50)51)42-22-15-20-40(36-42)41-21-16-25-44(37-41)59(43-23-5-2-6-24-43)52-33-12-9-27-46(52)47-28-10-13-34-53(47)59/h1-38H. The van der Waals surface area contributed by atoms with E-state index in [9.17, 15) is 0 Å². The van der Waals surface area contributed by atoms with E-state index < -0.39 is 5.41 Å². The van der Waals surface area contributed by atoms with Gasteiger partial charge in [0.2, 0.25) is 0 Å². The molecular weight excluding hydrogens is 769 g/mol. The fourth-order valence-electron chi connectivity index (χ4n) is 9.85. The van der Waals surface area contributed by atoms with Gasteiger partial charge in [-0.25, -0.2) is 9.97 Å². The van der Waals surface area contributed by atoms with Crippen molar-refractivity contribution in [2.75, 3.05) is 0 Å². The molecule has 0 N–H and O–H groups in total. The van der Waals surface area contributed by atoms with Crippen LogP contribution in [0.2, 0.25) is 0 Å². The summed E-state index contributed by atoms with van der Waals surface area (Å²) < 4.78 is 2.58. The van der Waals surface area contributed by atoms with Crippen molar-refractivity contribution in [3.8, 4) is 67.3 Å². The van der Waals surface area contributed by atoms with Crippen molar-refractivity contribution in [1.29, 1.82) is 0 Å². The SMILES string of the molecule is c1ccc(-c2nc(-c3cccc(-c4cccc(C5(c6ccccc6)c6ccccc6-c6ccccc65)c4)c3)cc(-c3ccccc3-c3cccc4c3sc3ccccc34)n2)cc1. The third-order valence-corrected chi connectivity index (χ3v) is 13.8. The monoisotopic (exact) mass is 806 g/mol. The molecule has 11 aromatic rings. The van der Waals surface area contributed by atoms with Gasteiger partial charge in [0.05, 0.1) is 16.8 Å². The summed E-state index contributed by atoms with van der Waals surface area (Å²) in [6.45, 7) is 0. The third-order valence-electron chi connectivity index (χ3n) is 12.6. The fraction of sp³-hybridized carbons (Fsp3) is 0.0169. The van der Waals surface area contributed by atoms with Crippen molar-refractivity contribution in [3.05, 3.63) is 253 Å². The molecule has 2 heterocycles. The van der Waals surface area contributed by atoms with Gasteiger partial charge in [-0.2, -0.15) is 0 Å². The highest BCUT2D eigenvalue weighted by Crippen LogP contribution is 2.56. The molecule has 0 unspecified atom stereocenters. The molecule has 0 saturated heterocycles. The van der Waals surface area contributed by atoms with Gasteiger partial charge in [-0.05, 0) is 74.3 Å². The predicted molar refractivity (Wildman–Crippen MR) is 259 cm³/mol. The van der Waals surface area contributed by atoms with Gasteiger partial charge in [-0.3, -0.25) is 0 Å². The summed E-state index contributed by atoms with van der Waals surface area (Å²) in [4.78, 5) is 10.6. The first kappa shape index (κ1) is 36.2. The van der Waals surface area contributed by atoms with Crippen molar-refractivity contribution in [2.45, 2.75) is 5.41 Å².